The first kappa shape index (κ1) is 16.3. The lowest BCUT2D eigenvalue weighted by molar-refractivity contribution is -0.137. The Morgan fingerprint density at radius 1 is 1.20 bits per heavy atom. The van der Waals surface area contributed by atoms with E-state index in [0.717, 1.165) is 4.31 Å². The van der Waals surface area contributed by atoms with Gasteiger partial charge in [-0.05, 0) is 12.1 Å². The third-order valence-electron chi connectivity index (χ3n) is 2.85. The summed E-state index contributed by atoms with van der Waals surface area (Å²) in [5.41, 5.74) is 0.458. The Hall–Kier alpha value is -1.73. The van der Waals surface area contributed by atoms with E-state index in [1.54, 1.807) is 6.92 Å². The summed E-state index contributed by atoms with van der Waals surface area (Å²) in [6.07, 6.45) is 0.0900. The highest BCUT2D eigenvalue weighted by Crippen LogP contribution is 2.16. The van der Waals surface area contributed by atoms with Gasteiger partial charge >= 0.3 is 5.97 Å². The maximum atomic E-state index is 12.1. The first-order valence-electron chi connectivity index (χ1n) is 6.10. The monoisotopic (exact) mass is 299 g/mol. The van der Waals surface area contributed by atoms with E-state index in [0.29, 0.717) is 12.0 Å². The zero-order chi connectivity index (χ0) is 15.3. The summed E-state index contributed by atoms with van der Waals surface area (Å²) < 4.78 is 25.3. The van der Waals surface area contributed by atoms with Crippen molar-refractivity contribution in [2.45, 2.75) is 24.7 Å². The fourth-order valence-corrected chi connectivity index (χ4v) is 2.74. The number of ketones is 1. The van der Waals surface area contributed by atoms with Crippen LogP contribution in [0.2, 0.25) is 0 Å². The second-order valence-corrected chi connectivity index (χ2v) is 6.32. The van der Waals surface area contributed by atoms with Crippen LogP contribution in [0.4, 0.5) is 0 Å². The minimum Gasteiger partial charge on any atom is -0.481 e. The van der Waals surface area contributed by atoms with Crippen molar-refractivity contribution in [3.05, 3.63) is 29.8 Å². The quantitative estimate of drug-likeness (QED) is 0.768. The third kappa shape index (κ3) is 3.88. The smallest absolute Gasteiger partial charge is 0.304 e. The number of carboxylic acid groups (broad SMARTS) is 1. The molecule has 0 aliphatic heterocycles. The molecule has 0 saturated heterocycles. The lowest BCUT2D eigenvalue weighted by Crippen LogP contribution is -2.29. The number of aliphatic carboxylic acids is 1. The molecule has 0 aliphatic carbocycles. The Morgan fingerprint density at radius 2 is 1.75 bits per heavy atom. The number of benzene rings is 1. The molecule has 1 N–H and O–H groups in total. The Morgan fingerprint density at radius 3 is 2.20 bits per heavy atom. The molecule has 1 aromatic rings. The molecule has 1 rings (SSSR count). The number of rotatable bonds is 7. The molecule has 0 fully saturated rings. The van der Waals surface area contributed by atoms with Gasteiger partial charge in [0, 0.05) is 25.6 Å². The number of Topliss-reactive ketones (excluding diaryl/α,β-unsaturated/α-hetero) is 1. The van der Waals surface area contributed by atoms with Gasteiger partial charge in [0.2, 0.25) is 10.0 Å². The standard InChI is InChI=1S/C13H17NO5S/c1-3-12(15)10-4-6-11(7-5-10)20(18,19)14(2)9-8-13(16)17/h4-7H,3,8-9H2,1-2H3,(H,16,17). The van der Waals surface area contributed by atoms with Crippen molar-refractivity contribution in [1.82, 2.24) is 4.31 Å². The number of hydrogen-bond donors (Lipinski definition) is 1. The zero-order valence-electron chi connectivity index (χ0n) is 11.4. The van der Waals surface area contributed by atoms with Crippen molar-refractivity contribution < 1.29 is 23.1 Å². The topological polar surface area (TPSA) is 91.8 Å². The van der Waals surface area contributed by atoms with Crippen molar-refractivity contribution in [2.24, 2.45) is 0 Å². The predicted octanol–water partition coefficient (Wildman–Crippen LogP) is 1.37. The van der Waals surface area contributed by atoms with Gasteiger partial charge in [-0.2, -0.15) is 0 Å². The molecule has 20 heavy (non-hydrogen) atoms. The van der Waals surface area contributed by atoms with Crippen LogP contribution >= 0.6 is 0 Å². The fourth-order valence-electron chi connectivity index (χ4n) is 1.57. The highest BCUT2D eigenvalue weighted by atomic mass is 32.2. The summed E-state index contributed by atoms with van der Waals surface area (Å²) in [7, 11) is -2.40. The Balaban J connectivity index is 2.92. The minimum atomic E-state index is -3.73. The number of carboxylic acids is 1. The van der Waals surface area contributed by atoms with Crippen LogP contribution in [0.25, 0.3) is 0 Å². The summed E-state index contributed by atoms with van der Waals surface area (Å²) in [5, 5.41) is 8.56. The molecule has 0 amide bonds. The van der Waals surface area contributed by atoms with Gasteiger partial charge in [0.05, 0.1) is 11.3 Å². The van der Waals surface area contributed by atoms with Gasteiger partial charge in [-0.3, -0.25) is 9.59 Å². The highest BCUT2D eigenvalue weighted by molar-refractivity contribution is 7.89. The maximum absolute atomic E-state index is 12.1. The van der Waals surface area contributed by atoms with E-state index in [1.807, 2.05) is 0 Å². The second kappa shape index (κ2) is 6.62. The van der Waals surface area contributed by atoms with Gasteiger partial charge in [0.25, 0.3) is 0 Å². The van der Waals surface area contributed by atoms with E-state index >= 15 is 0 Å². The highest BCUT2D eigenvalue weighted by Gasteiger charge is 2.21. The van der Waals surface area contributed by atoms with Gasteiger partial charge in [-0.25, -0.2) is 12.7 Å². The molecule has 0 bridgehead atoms. The zero-order valence-corrected chi connectivity index (χ0v) is 12.2. The molecular formula is C13H17NO5S. The first-order valence-corrected chi connectivity index (χ1v) is 7.54. The van der Waals surface area contributed by atoms with Crippen LogP contribution in [0, 0.1) is 0 Å². The van der Waals surface area contributed by atoms with Crippen LogP contribution < -0.4 is 0 Å². The largest absolute Gasteiger partial charge is 0.481 e. The van der Waals surface area contributed by atoms with Gasteiger partial charge in [-0.1, -0.05) is 19.1 Å². The molecule has 110 valence electrons. The fraction of sp³-hybridized carbons (Fsp3) is 0.385. The molecule has 0 atom stereocenters. The van der Waals surface area contributed by atoms with Crippen molar-refractivity contribution in [1.29, 1.82) is 0 Å². The Kier molecular flexibility index (Phi) is 5.41. The molecule has 1 aromatic carbocycles. The van der Waals surface area contributed by atoms with Crippen molar-refractivity contribution in [2.75, 3.05) is 13.6 Å². The molecule has 7 heteroatoms. The minimum absolute atomic E-state index is 0.0399. The van der Waals surface area contributed by atoms with E-state index in [4.69, 9.17) is 5.11 Å². The van der Waals surface area contributed by atoms with Gasteiger partial charge in [0.1, 0.15) is 0 Å². The average molecular weight is 299 g/mol. The van der Waals surface area contributed by atoms with E-state index in [1.165, 1.54) is 31.3 Å². The summed E-state index contributed by atoms with van der Waals surface area (Å²) >= 11 is 0. The maximum Gasteiger partial charge on any atom is 0.304 e. The summed E-state index contributed by atoms with van der Waals surface area (Å²) in [4.78, 5) is 22.0. The molecule has 0 aromatic heterocycles. The van der Waals surface area contributed by atoms with Gasteiger partial charge < -0.3 is 5.11 Å². The SMILES string of the molecule is CCC(=O)c1ccc(S(=O)(=O)N(C)CCC(=O)O)cc1. The van der Waals surface area contributed by atoms with Crippen LogP contribution in [0.3, 0.4) is 0 Å². The van der Waals surface area contributed by atoms with Crippen LogP contribution in [0.15, 0.2) is 29.2 Å². The summed E-state index contributed by atoms with van der Waals surface area (Å²) in [6.45, 7) is 1.62. The van der Waals surface area contributed by atoms with Crippen molar-refractivity contribution >= 4 is 21.8 Å². The molecule has 0 heterocycles. The van der Waals surface area contributed by atoms with Crippen molar-refractivity contribution in [3.63, 3.8) is 0 Å². The lowest BCUT2D eigenvalue weighted by Gasteiger charge is -2.16. The molecule has 0 radical (unpaired) electrons. The average Bonchev–Trinajstić information content (AvgIpc) is 2.43. The van der Waals surface area contributed by atoms with E-state index in [9.17, 15) is 18.0 Å². The Bertz CT molecular complexity index is 592. The number of hydrogen-bond acceptors (Lipinski definition) is 4. The molecule has 0 unspecified atom stereocenters. The van der Waals surface area contributed by atoms with Gasteiger partial charge in [0.15, 0.2) is 5.78 Å². The number of sulfonamides is 1. The van der Waals surface area contributed by atoms with Crippen LogP contribution in [-0.2, 0) is 14.8 Å². The number of nitrogens with zero attached hydrogens (tertiary/aromatic N) is 1. The summed E-state index contributed by atoms with van der Waals surface area (Å²) in [6, 6.07) is 5.64. The lowest BCUT2D eigenvalue weighted by atomic mass is 10.1. The van der Waals surface area contributed by atoms with Crippen molar-refractivity contribution in [3.8, 4) is 0 Å². The van der Waals surface area contributed by atoms with E-state index in [-0.39, 0.29) is 23.6 Å². The first-order chi connectivity index (χ1) is 9.28. The number of carbonyl (C=O) groups excluding carboxylic acids is 1. The molecule has 0 saturated carbocycles. The van der Waals surface area contributed by atoms with Crippen LogP contribution in [-0.4, -0.2) is 43.2 Å². The molecular weight excluding hydrogens is 282 g/mol. The van der Waals surface area contributed by atoms with E-state index in [2.05, 4.69) is 0 Å². The summed E-state index contributed by atoms with van der Waals surface area (Å²) in [5.74, 6) is -1.12. The predicted molar refractivity (Wildman–Crippen MR) is 73.1 cm³/mol. The Labute approximate surface area is 118 Å². The normalized spacial score (nSPS) is 11.6. The van der Waals surface area contributed by atoms with Crippen LogP contribution in [0.1, 0.15) is 30.1 Å². The van der Waals surface area contributed by atoms with Gasteiger partial charge in [-0.15, -0.1) is 0 Å². The molecule has 0 spiro atoms. The van der Waals surface area contributed by atoms with E-state index < -0.39 is 16.0 Å². The second-order valence-electron chi connectivity index (χ2n) is 4.27. The third-order valence-corrected chi connectivity index (χ3v) is 4.72. The molecule has 6 nitrogen and oxygen atoms in total. The molecule has 0 aliphatic rings. The number of carbonyl (C=O) groups is 2. The van der Waals surface area contributed by atoms with Crippen LogP contribution in [0.5, 0.6) is 0 Å².